The molecule has 0 heterocycles. The van der Waals surface area contributed by atoms with Gasteiger partial charge in [0.1, 0.15) is 0 Å². The molecule has 0 radical (unpaired) electrons. The third kappa shape index (κ3) is 4.98. The molecule has 0 atom stereocenters. The van der Waals surface area contributed by atoms with Crippen LogP contribution in [0.4, 0.5) is 0 Å². The van der Waals surface area contributed by atoms with Crippen LogP contribution >= 0.6 is 0 Å². The van der Waals surface area contributed by atoms with E-state index in [1.807, 2.05) is 32.0 Å². The average Bonchev–Trinajstić information content (AvgIpc) is 2.34. The first-order valence-corrected chi connectivity index (χ1v) is 5.58. The van der Waals surface area contributed by atoms with Crippen molar-refractivity contribution in [2.45, 2.75) is 13.8 Å². The van der Waals surface area contributed by atoms with Gasteiger partial charge in [0.05, 0.1) is 11.6 Å². The largest absolute Gasteiger partial charge is 0.352 e. The maximum absolute atomic E-state index is 11.4. The topological polar surface area (TPSA) is 52.9 Å². The van der Waals surface area contributed by atoms with Gasteiger partial charge >= 0.3 is 0 Å². The zero-order chi connectivity index (χ0) is 12.7. The fourth-order valence-corrected chi connectivity index (χ4v) is 1.20. The van der Waals surface area contributed by atoms with E-state index in [9.17, 15) is 4.79 Å². The molecule has 1 aromatic carbocycles. The number of carbonyl (C=O) groups is 1. The van der Waals surface area contributed by atoms with Gasteiger partial charge < -0.3 is 5.32 Å². The smallest absolute Gasteiger partial charge is 0.244 e. The van der Waals surface area contributed by atoms with E-state index in [2.05, 4.69) is 5.32 Å². The Labute approximate surface area is 102 Å². The summed E-state index contributed by atoms with van der Waals surface area (Å²) in [6.07, 6.45) is 3.24. The number of nitrogens with one attached hydrogen (secondary N) is 1. The summed E-state index contributed by atoms with van der Waals surface area (Å²) in [6, 6.07) is 9.12. The van der Waals surface area contributed by atoms with Gasteiger partial charge in [-0.3, -0.25) is 4.79 Å². The minimum absolute atomic E-state index is 0.0944. The standard InChI is InChI=1S/C14H16N2O/c1-11(2)10-16-14(17)8-7-12-3-5-13(9-15)6-4-12/h3-8,11H,10H2,1-2H3,(H,16,17)/b8-7-. The van der Waals surface area contributed by atoms with Crippen LogP contribution in [0.25, 0.3) is 6.08 Å². The van der Waals surface area contributed by atoms with Crippen LogP contribution in [0.2, 0.25) is 0 Å². The zero-order valence-corrected chi connectivity index (χ0v) is 10.1. The number of nitriles is 1. The number of hydrogen-bond donors (Lipinski definition) is 1. The Morgan fingerprint density at radius 2 is 2.06 bits per heavy atom. The highest BCUT2D eigenvalue weighted by molar-refractivity contribution is 5.91. The highest BCUT2D eigenvalue weighted by Gasteiger charge is 1.97. The van der Waals surface area contributed by atoms with Crippen LogP contribution in [0.3, 0.4) is 0 Å². The van der Waals surface area contributed by atoms with Gasteiger partial charge in [0.2, 0.25) is 5.91 Å². The quantitative estimate of drug-likeness (QED) is 0.804. The molecule has 0 unspecified atom stereocenters. The van der Waals surface area contributed by atoms with Crippen LogP contribution in [0, 0.1) is 17.2 Å². The van der Waals surface area contributed by atoms with Crippen molar-refractivity contribution in [3.05, 3.63) is 41.5 Å². The number of carbonyl (C=O) groups excluding carboxylic acids is 1. The summed E-state index contributed by atoms with van der Waals surface area (Å²) in [5.41, 5.74) is 1.52. The third-order valence-corrected chi connectivity index (χ3v) is 2.15. The molecule has 17 heavy (non-hydrogen) atoms. The first kappa shape index (κ1) is 13.0. The monoisotopic (exact) mass is 228 g/mol. The van der Waals surface area contributed by atoms with E-state index < -0.39 is 0 Å². The molecule has 0 aliphatic rings. The molecule has 3 heteroatoms. The van der Waals surface area contributed by atoms with Crippen molar-refractivity contribution in [3.8, 4) is 6.07 Å². The van der Waals surface area contributed by atoms with Crippen molar-refractivity contribution in [1.29, 1.82) is 5.26 Å². The Balaban J connectivity index is 2.52. The fraction of sp³-hybridized carbons (Fsp3) is 0.286. The van der Waals surface area contributed by atoms with E-state index in [1.165, 1.54) is 6.08 Å². The molecule has 88 valence electrons. The molecular formula is C14H16N2O. The molecule has 0 spiro atoms. The van der Waals surface area contributed by atoms with Gasteiger partial charge in [0.15, 0.2) is 0 Å². The molecule has 0 bridgehead atoms. The number of hydrogen-bond acceptors (Lipinski definition) is 2. The summed E-state index contributed by atoms with van der Waals surface area (Å²) in [5.74, 6) is 0.352. The molecule has 0 saturated heterocycles. The van der Waals surface area contributed by atoms with E-state index >= 15 is 0 Å². The Hall–Kier alpha value is -2.08. The van der Waals surface area contributed by atoms with Crippen molar-refractivity contribution < 1.29 is 4.79 Å². The van der Waals surface area contributed by atoms with Crippen molar-refractivity contribution in [3.63, 3.8) is 0 Å². The minimum atomic E-state index is -0.0944. The summed E-state index contributed by atoms with van der Waals surface area (Å²) in [7, 11) is 0. The normalized spacial score (nSPS) is 10.5. The Morgan fingerprint density at radius 1 is 1.41 bits per heavy atom. The number of rotatable bonds is 4. The summed E-state index contributed by atoms with van der Waals surface area (Å²) < 4.78 is 0. The first-order valence-electron chi connectivity index (χ1n) is 5.58. The molecule has 0 saturated carbocycles. The second-order valence-corrected chi connectivity index (χ2v) is 4.21. The molecule has 1 aromatic rings. The van der Waals surface area contributed by atoms with Crippen LogP contribution < -0.4 is 5.32 Å². The van der Waals surface area contributed by atoms with E-state index in [-0.39, 0.29) is 5.91 Å². The van der Waals surface area contributed by atoms with Crippen LogP contribution in [0.15, 0.2) is 30.3 Å². The molecule has 3 nitrogen and oxygen atoms in total. The van der Waals surface area contributed by atoms with Crippen LogP contribution in [-0.2, 0) is 4.79 Å². The van der Waals surface area contributed by atoms with E-state index in [4.69, 9.17) is 5.26 Å². The molecule has 1 rings (SSSR count). The lowest BCUT2D eigenvalue weighted by Crippen LogP contribution is -2.25. The van der Waals surface area contributed by atoms with E-state index in [0.717, 1.165) is 5.56 Å². The summed E-state index contributed by atoms with van der Waals surface area (Å²) >= 11 is 0. The Bertz CT molecular complexity index is 438. The Morgan fingerprint density at radius 3 is 2.59 bits per heavy atom. The Kier molecular flexibility index (Phi) is 4.96. The van der Waals surface area contributed by atoms with Crippen molar-refractivity contribution in [1.82, 2.24) is 5.32 Å². The second kappa shape index (κ2) is 6.49. The van der Waals surface area contributed by atoms with Gasteiger partial charge in [0, 0.05) is 12.6 Å². The van der Waals surface area contributed by atoms with Gasteiger partial charge in [-0.2, -0.15) is 5.26 Å². The first-order chi connectivity index (χ1) is 8.11. The average molecular weight is 228 g/mol. The van der Waals surface area contributed by atoms with Gasteiger partial charge in [-0.1, -0.05) is 26.0 Å². The highest BCUT2D eigenvalue weighted by atomic mass is 16.1. The number of benzene rings is 1. The molecule has 0 aliphatic carbocycles. The zero-order valence-electron chi connectivity index (χ0n) is 10.1. The maximum Gasteiger partial charge on any atom is 0.244 e. The lowest BCUT2D eigenvalue weighted by atomic mass is 10.1. The number of nitrogens with zero attached hydrogens (tertiary/aromatic N) is 1. The van der Waals surface area contributed by atoms with Gasteiger partial charge in [-0.05, 0) is 29.7 Å². The van der Waals surface area contributed by atoms with Gasteiger partial charge in [-0.15, -0.1) is 0 Å². The van der Waals surface area contributed by atoms with Crippen molar-refractivity contribution in [2.75, 3.05) is 6.54 Å². The summed E-state index contributed by atoms with van der Waals surface area (Å²) in [5, 5.41) is 11.4. The molecule has 0 fully saturated rings. The van der Waals surface area contributed by atoms with Crippen LogP contribution in [0.5, 0.6) is 0 Å². The predicted molar refractivity (Wildman–Crippen MR) is 68.0 cm³/mol. The van der Waals surface area contributed by atoms with Crippen LogP contribution in [-0.4, -0.2) is 12.5 Å². The highest BCUT2D eigenvalue weighted by Crippen LogP contribution is 2.04. The molecule has 1 N–H and O–H groups in total. The molecule has 0 aromatic heterocycles. The molecular weight excluding hydrogens is 212 g/mol. The molecule has 1 amide bonds. The second-order valence-electron chi connectivity index (χ2n) is 4.21. The van der Waals surface area contributed by atoms with Crippen molar-refractivity contribution >= 4 is 12.0 Å². The number of amides is 1. The SMILES string of the molecule is CC(C)CNC(=O)/C=C\c1ccc(C#N)cc1. The van der Waals surface area contributed by atoms with E-state index in [0.29, 0.717) is 18.0 Å². The third-order valence-electron chi connectivity index (χ3n) is 2.15. The maximum atomic E-state index is 11.4. The fourth-order valence-electron chi connectivity index (χ4n) is 1.20. The lowest BCUT2D eigenvalue weighted by molar-refractivity contribution is -0.116. The van der Waals surface area contributed by atoms with Gasteiger partial charge in [0.25, 0.3) is 0 Å². The minimum Gasteiger partial charge on any atom is -0.352 e. The summed E-state index contributed by atoms with van der Waals surface area (Å²) in [6.45, 7) is 4.77. The van der Waals surface area contributed by atoms with Crippen LogP contribution in [0.1, 0.15) is 25.0 Å². The predicted octanol–water partition coefficient (Wildman–Crippen LogP) is 2.34. The molecule has 0 aliphatic heterocycles. The van der Waals surface area contributed by atoms with E-state index in [1.54, 1.807) is 18.2 Å². The van der Waals surface area contributed by atoms with Gasteiger partial charge in [-0.25, -0.2) is 0 Å². The summed E-state index contributed by atoms with van der Waals surface area (Å²) in [4.78, 5) is 11.4. The lowest BCUT2D eigenvalue weighted by Gasteiger charge is -2.04. The van der Waals surface area contributed by atoms with Crippen molar-refractivity contribution in [2.24, 2.45) is 5.92 Å².